The largest absolute Gasteiger partial charge is 0.489 e. The van der Waals surface area contributed by atoms with Crippen LogP contribution in [-0.4, -0.2) is 50.6 Å². The van der Waals surface area contributed by atoms with E-state index < -0.39 is 0 Å². The Morgan fingerprint density at radius 3 is 3.16 bits per heavy atom. The van der Waals surface area contributed by atoms with E-state index in [0.29, 0.717) is 24.5 Å². The van der Waals surface area contributed by atoms with Crippen LogP contribution in [-0.2, 0) is 0 Å². The SMILES string of the molecule is CCN(C)CCNC(=O)c1cccc2c1OCCN2. The Hall–Kier alpha value is -1.75. The highest BCUT2D eigenvalue weighted by atomic mass is 16.5. The van der Waals surface area contributed by atoms with Gasteiger partial charge < -0.3 is 20.3 Å². The van der Waals surface area contributed by atoms with E-state index in [1.54, 1.807) is 6.07 Å². The molecule has 1 heterocycles. The summed E-state index contributed by atoms with van der Waals surface area (Å²) < 4.78 is 5.59. The first-order chi connectivity index (χ1) is 9.22. The number of carbonyl (C=O) groups excluding carboxylic acids is 1. The summed E-state index contributed by atoms with van der Waals surface area (Å²) in [5.41, 5.74) is 1.49. The van der Waals surface area contributed by atoms with Gasteiger partial charge in [0.2, 0.25) is 0 Å². The summed E-state index contributed by atoms with van der Waals surface area (Å²) in [4.78, 5) is 14.3. The summed E-state index contributed by atoms with van der Waals surface area (Å²) in [6, 6.07) is 5.59. The van der Waals surface area contributed by atoms with Crippen molar-refractivity contribution in [3.63, 3.8) is 0 Å². The van der Waals surface area contributed by atoms with Gasteiger partial charge in [0.25, 0.3) is 5.91 Å². The number of rotatable bonds is 5. The zero-order valence-corrected chi connectivity index (χ0v) is 11.5. The predicted molar refractivity (Wildman–Crippen MR) is 75.9 cm³/mol. The molecular formula is C14H21N3O2. The quantitative estimate of drug-likeness (QED) is 0.837. The molecule has 0 bridgehead atoms. The van der Waals surface area contributed by atoms with Gasteiger partial charge in [-0.1, -0.05) is 13.0 Å². The third-order valence-corrected chi connectivity index (χ3v) is 3.24. The minimum absolute atomic E-state index is 0.0787. The van der Waals surface area contributed by atoms with Crippen molar-refractivity contribution in [2.45, 2.75) is 6.92 Å². The molecule has 0 radical (unpaired) electrons. The van der Waals surface area contributed by atoms with E-state index in [-0.39, 0.29) is 5.91 Å². The van der Waals surface area contributed by atoms with Crippen molar-refractivity contribution < 1.29 is 9.53 Å². The predicted octanol–water partition coefficient (Wildman–Crippen LogP) is 1.17. The van der Waals surface area contributed by atoms with Crippen molar-refractivity contribution in [3.8, 4) is 5.75 Å². The van der Waals surface area contributed by atoms with Gasteiger partial charge in [0.05, 0.1) is 11.3 Å². The zero-order valence-electron chi connectivity index (χ0n) is 11.5. The van der Waals surface area contributed by atoms with Crippen molar-refractivity contribution in [1.82, 2.24) is 10.2 Å². The van der Waals surface area contributed by atoms with E-state index >= 15 is 0 Å². The van der Waals surface area contributed by atoms with Gasteiger partial charge in [-0.3, -0.25) is 4.79 Å². The Bertz CT molecular complexity index is 448. The number of nitrogens with zero attached hydrogens (tertiary/aromatic N) is 1. The van der Waals surface area contributed by atoms with Crippen LogP contribution in [0.3, 0.4) is 0 Å². The maximum atomic E-state index is 12.1. The average Bonchev–Trinajstić information content (AvgIpc) is 2.46. The topological polar surface area (TPSA) is 53.6 Å². The van der Waals surface area contributed by atoms with E-state index in [9.17, 15) is 4.79 Å². The Balaban J connectivity index is 1.99. The van der Waals surface area contributed by atoms with Crippen LogP contribution in [0.4, 0.5) is 5.69 Å². The summed E-state index contributed by atoms with van der Waals surface area (Å²) in [6.07, 6.45) is 0. The molecule has 2 rings (SSSR count). The molecule has 1 aliphatic heterocycles. The fraction of sp³-hybridized carbons (Fsp3) is 0.500. The number of ether oxygens (including phenoxy) is 1. The highest BCUT2D eigenvalue weighted by Gasteiger charge is 2.18. The van der Waals surface area contributed by atoms with Crippen LogP contribution in [0.15, 0.2) is 18.2 Å². The van der Waals surface area contributed by atoms with Gasteiger partial charge in [0.1, 0.15) is 6.61 Å². The Morgan fingerprint density at radius 2 is 2.37 bits per heavy atom. The number of benzene rings is 1. The molecule has 104 valence electrons. The molecule has 0 unspecified atom stereocenters. The molecule has 1 aromatic carbocycles. The lowest BCUT2D eigenvalue weighted by molar-refractivity contribution is 0.0946. The lowest BCUT2D eigenvalue weighted by Gasteiger charge is -2.21. The standard InChI is InChI=1S/C14H21N3O2/c1-3-17(2)9-7-16-14(18)11-5-4-6-12-13(11)19-10-8-15-12/h4-6,15H,3,7-10H2,1-2H3,(H,16,18). The highest BCUT2D eigenvalue weighted by molar-refractivity contribution is 5.98. The number of para-hydroxylation sites is 1. The molecule has 0 saturated heterocycles. The minimum atomic E-state index is -0.0787. The molecule has 0 aliphatic carbocycles. The third kappa shape index (κ3) is 3.38. The van der Waals surface area contributed by atoms with E-state index in [4.69, 9.17) is 4.74 Å². The number of anilines is 1. The molecule has 0 spiro atoms. The number of carbonyl (C=O) groups is 1. The number of hydrogen-bond acceptors (Lipinski definition) is 4. The molecule has 0 saturated carbocycles. The second-order valence-corrected chi connectivity index (χ2v) is 4.61. The van der Waals surface area contributed by atoms with Crippen molar-refractivity contribution in [2.75, 3.05) is 45.2 Å². The van der Waals surface area contributed by atoms with Crippen LogP contribution in [0.5, 0.6) is 5.75 Å². The summed E-state index contributed by atoms with van der Waals surface area (Å²) in [7, 11) is 2.03. The third-order valence-electron chi connectivity index (χ3n) is 3.24. The van der Waals surface area contributed by atoms with Crippen LogP contribution >= 0.6 is 0 Å². The van der Waals surface area contributed by atoms with Crippen molar-refractivity contribution in [3.05, 3.63) is 23.8 Å². The lowest BCUT2D eigenvalue weighted by atomic mass is 10.1. The first kappa shape index (κ1) is 13.7. The molecule has 1 amide bonds. The normalized spacial score (nSPS) is 13.4. The van der Waals surface area contributed by atoms with Crippen molar-refractivity contribution in [1.29, 1.82) is 0 Å². The number of likely N-dealkylation sites (N-methyl/N-ethyl adjacent to an activating group) is 1. The van der Waals surface area contributed by atoms with E-state index in [0.717, 1.165) is 25.3 Å². The molecule has 2 N–H and O–H groups in total. The second-order valence-electron chi connectivity index (χ2n) is 4.61. The maximum absolute atomic E-state index is 12.1. The van der Waals surface area contributed by atoms with Gasteiger partial charge in [-0.2, -0.15) is 0 Å². The molecule has 19 heavy (non-hydrogen) atoms. The number of hydrogen-bond donors (Lipinski definition) is 2. The molecule has 1 aromatic rings. The van der Waals surface area contributed by atoms with E-state index in [1.807, 2.05) is 19.2 Å². The first-order valence-corrected chi connectivity index (χ1v) is 6.68. The molecule has 0 aromatic heterocycles. The Kier molecular flexibility index (Phi) is 4.63. The van der Waals surface area contributed by atoms with Crippen LogP contribution in [0, 0.1) is 0 Å². The van der Waals surface area contributed by atoms with Crippen LogP contribution in [0.1, 0.15) is 17.3 Å². The summed E-state index contributed by atoms with van der Waals surface area (Å²) in [5.74, 6) is 0.583. The van der Waals surface area contributed by atoms with Gasteiger partial charge in [-0.25, -0.2) is 0 Å². The summed E-state index contributed by atoms with van der Waals surface area (Å²) in [5, 5.41) is 6.15. The molecule has 1 aliphatic rings. The van der Waals surface area contributed by atoms with Gasteiger partial charge >= 0.3 is 0 Å². The van der Waals surface area contributed by atoms with Gasteiger partial charge in [0.15, 0.2) is 5.75 Å². The van der Waals surface area contributed by atoms with Gasteiger partial charge in [-0.15, -0.1) is 0 Å². The zero-order chi connectivity index (χ0) is 13.7. The maximum Gasteiger partial charge on any atom is 0.255 e. The monoisotopic (exact) mass is 263 g/mol. The van der Waals surface area contributed by atoms with Crippen LogP contribution in [0.25, 0.3) is 0 Å². The Morgan fingerprint density at radius 1 is 1.53 bits per heavy atom. The van der Waals surface area contributed by atoms with Crippen LogP contribution < -0.4 is 15.4 Å². The molecular weight excluding hydrogens is 242 g/mol. The number of nitrogens with one attached hydrogen (secondary N) is 2. The molecule has 0 fully saturated rings. The van der Waals surface area contributed by atoms with Gasteiger partial charge in [0, 0.05) is 19.6 Å². The van der Waals surface area contributed by atoms with Crippen LogP contribution in [0.2, 0.25) is 0 Å². The number of amides is 1. The smallest absolute Gasteiger partial charge is 0.255 e. The molecule has 5 nitrogen and oxygen atoms in total. The van der Waals surface area contributed by atoms with E-state index in [1.165, 1.54) is 0 Å². The van der Waals surface area contributed by atoms with Gasteiger partial charge in [-0.05, 0) is 25.7 Å². The minimum Gasteiger partial charge on any atom is -0.489 e. The fourth-order valence-electron chi connectivity index (χ4n) is 1.96. The first-order valence-electron chi connectivity index (χ1n) is 6.68. The highest BCUT2D eigenvalue weighted by Crippen LogP contribution is 2.30. The molecule has 5 heteroatoms. The van der Waals surface area contributed by atoms with Crippen molar-refractivity contribution in [2.24, 2.45) is 0 Å². The summed E-state index contributed by atoms with van der Waals surface area (Å²) in [6.45, 7) is 5.92. The lowest BCUT2D eigenvalue weighted by Crippen LogP contribution is -2.33. The fourth-order valence-corrected chi connectivity index (χ4v) is 1.96. The number of fused-ring (bicyclic) bond motifs is 1. The Labute approximate surface area is 113 Å². The molecule has 0 atom stereocenters. The summed E-state index contributed by atoms with van der Waals surface area (Å²) >= 11 is 0. The van der Waals surface area contributed by atoms with E-state index in [2.05, 4.69) is 22.5 Å². The second kappa shape index (κ2) is 6.43. The average molecular weight is 263 g/mol. The van der Waals surface area contributed by atoms with Crippen molar-refractivity contribution >= 4 is 11.6 Å².